The lowest BCUT2D eigenvalue weighted by molar-refractivity contribution is 0.101. The highest BCUT2D eigenvalue weighted by Gasteiger charge is 2.16. The van der Waals surface area contributed by atoms with Gasteiger partial charge in [0.05, 0.1) is 11.4 Å². The number of carbonyl (C=O) groups excluding carboxylic acids is 1. The summed E-state index contributed by atoms with van der Waals surface area (Å²) in [4.78, 5) is 21.8. The first kappa shape index (κ1) is 18.0. The standard InChI is InChI=1S/C16H20N4O3S/c1-11-8-16(20(3)4)19-15(18-11)10-17-24(22,23)14-7-5-6-13(9-14)12(2)21/h5-9,17H,10H2,1-4H3. The Labute approximate surface area is 141 Å². The molecule has 0 amide bonds. The van der Waals surface area contributed by atoms with E-state index in [-0.39, 0.29) is 17.2 Å². The van der Waals surface area contributed by atoms with E-state index < -0.39 is 10.0 Å². The lowest BCUT2D eigenvalue weighted by Gasteiger charge is -2.13. The number of nitrogens with zero attached hydrogens (tertiary/aromatic N) is 3. The summed E-state index contributed by atoms with van der Waals surface area (Å²) in [5.74, 6) is 0.893. The van der Waals surface area contributed by atoms with E-state index in [4.69, 9.17) is 0 Å². The molecular weight excluding hydrogens is 328 g/mol. The highest BCUT2D eigenvalue weighted by molar-refractivity contribution is 7.89. The summed E-state index contributed by atoms with van der Waals surface area (Å²) >= 11 is 0. The number of aryl methyl sites for hydroxylation is 1. The molecule has 0 aliphatic heterocycles. The van der Waals surface area contributed by atoms with Crippen LogP contribution in [0.4, 0.5) is 5.82 Å². The van der Waals surface area contributed by atoms with Gasteiger partial charge in [-0.05, 0) is 26.0 Å². The maximum absolute atomic E-state index is 12.4. The molecule has 0 saturated heterocycles. The number of hydrogen-bond acceptors (Lipinski definition) is 6. The van der Waals surface area contributed by atoms with Crippen LogP contribution in [0, 0.1) is 6.92 Å². The maximum atomic E-state index is 12.4. The van der Waals surface area contributed by atoms with Crippen LogP contribution in [0.2, 0.25) is 0 Å². The zero-order valence-corrected chi connectivity index (χ0v) is 14.9. The predicted octanol–water partition coefficient (Wildman–Crippen LogP) is 1.53. The fourth-order valence-corrected chi connectivity index (χ4v) is 3.07. The molecule has 1 heterocycles. The van der Waals surface area contributed by atoms with Crippen molar-refractivity contribution < 1.29 is 13.2 Å². The van der Waals surface area contributed by atoms with E-state index in [0.717, 1.165) is 5.69 Å². The van der Waals surface area contributed by atoms with E-state index >= 15 is 0 Å². The summed E-state index contributed by atoms with van der Waals surface area (Å²) in [5.41, 5.74) is 1.10. The van der Waals surface area contributed by atoms with Gasteiger partial charge in [-0.3, -0.25) is 4.79 Å². The minimum Gasteiger partial charge on any atom is -0.363 e. The minimum atomic E-state index is -3.76. The van der Waals surface area contributed by atoms with E-state index in [0.29, 0.717) is 17.2 Å². The van der Waals surface area contributed by atoms with E-state index in [9.17, 15) is 13.2 Å². The Balaban J connectivity index is 2.22. The van der Waals surface area contributed by atoms with Crippen LogP contribution in [0.3, 0.4) is 0 Å². The Morgan fingerprint density at radius 3 is 2.54 bits per heavy atom. The van der Waals surface area contributed by atoms with Crippen molar-refractivity contribution in [2.75, 3.05) is 19.0 Å². The van der Waals surface area contributed by atoms with Gasteiger partial charge >= 0.3 is 0 Å². The molecule has 1 N–H and O–H groups in total. The molecule has 0 fully saturated rings. The molecule has 0 radical (unpaired) electrons. The summed E-state index contributed by atoms with van der Waals surface area (Å²) in [6, 6.07) is 7.73. The third kappa shape index (κ3) is 4.36. The summed E-state index contributed by atoms with van der Waals surface area (Å²) in [7, 11) is -0.0559. The van der Waals surface area contributed by atoms with Gasteiger partial charge in [-0.1, -0.05) is 12.1 Å². The Hall–Kier alpha value is -2.32. The first-order chi connectivity index (χ1) is 11.2. The fourth-order valence-electron chi connectivity index (χ4n) is 2.05. The molecule has 2 aromatic rings. The number of Topliss-reactive ketones (excluding diaryl/α,β-unsaturated/α-hetero) is 1. The molecule has 0 spiro atoms. The van der Waals surface area contributed by atoms with Gasteiger partial charge in [0.1, 0.15) is 11.6 Å². The van der Waals surface area contributed by atoms with Gasteiger partial charge in [0.2, 0.25) is 10.0 Å². The van der Waals surface area contributed by atoms with Crippen molar-refractivity contribution in [1.82, 2.24) is 14.7 Å². The summed E-state index contributed by atoms with van der Waals surface area (Å²) < 4.78 is 27.3. The molecule has 2 rings (SSSR count). The van der Waals surface area contributed by atoms with Crippen molar-refractivity contribution in [3.05, 3.63) is 47.4 Å². The van der Waals surface area contributed by atoms with Crippen molar-refractivity contribution >= 4 is 21.6 Å². The normalized spacial score (nSPS) is 11.3. The smallest absolute Gasteiger partial charge is 0.240 e. The topological polar surface area (TPSA) is 92.3 Å². The second kappa shape index (κ2) is 7.06. The molecule has 0 aliphatic carbocycles. The van der Waals surface area contributed by atoms with Gasteiger partial charge in [-0.2, -0.15) is 0 Å². The zero-order chi connectivity index (χ0) is 17.9. The molecule has 1 aromatic carbocycles. The second-order valence-electron chi connectivity index (χ2n) is 5.59. The van der Waals surface area contributed by atoms with Gasteiger partial charge in [0.15, 0.2) is 5.78 Å². The Kier molecular flexibility index (Phi) is 5.30. The Bertz CT molecular complexity index is 863. The molecule has 0 unspecified atom stereocenters. The number of aromatic nitrogens is 2. The monoisotopic (exact) mass is 348 g/mol. The number of hydrogen-bond donors (Lipinski definition) is 1. The Morgan fingerprint density at radius 1 is 1.21 bits per heavy atom. The molecule has 128 valence electrons. The number of benzene rings is 1. The van der Waals surface area contributed by atoms with Crippen LogP contribution in [0.1, 0.15) is 28.8 Å². The summed E-state index contributed by atoms with van der Waals surface area (Å²) in [6.07, 6.45) is 0. The van der Waals surface area contributed by atoms with Crippen molar-refractivity contribution in [2.24, 2.45) is 0 Å². The predicted molar refractivity (Wildman–Crippen MR) is 91.6 cm³/mol. The molecular formula is C16H20N4O3S. The first-order valence-corrected chi connectivity index (χ1v) is 8.80. The molecule has 7 nitrogen and oxygen atoms in total. The first-order valence-electron chi connectivity index (χ1n) is 7.31. The third-order valence-corrected chi connectivity index (χ3v) is 4.72. The van der Waals surface area contributed by atoms with Gasteiger partial charge in [0, 0.05) is 31.4 Å². The average Bonchev–Trinajstić information content (AvgIpc) is 2.52. The molecule has 0 aliphatic rings. The minimum absolute atomic E-state index is 0.0326. The van der Waals surface area contributed by atoms with Crippen LogP contribution in [0.15, 0.2) is 35.2 Å². The van der Waals surface area contributed by atoms with Gasteiger partial charge in [-0.15, -0.1) is 0 Å². The van der Waals surface area contributed by atoms with Crippen molar-refractivity contribution in [3.63, 3.8) is 0 Å². The highest BCUT2D eigenvalue weighted by atomic mass is 32.2. The average molecular weight is 348 g/mol. The molecule has 8 heteroatoms. The summed E-state index contributed by atoms with van der Waals surface area (Å²) in [5, 5.41) is 0. The van der Waals surface area contributed by atoms with Crippen LogP contribution in [-0.4, -0.2) is 38.3 Å². The largest absolute Gasteiger partial charge is 0.363 e. The van der Waals surface area contributed by atoms with Gasteiger partial charge < -0.3 is 4.90 Å². The maximum Gasteiger partial charge on any atom is 0.240 e. The third-order valence-electron chi connectivity index (χ3n) is 3.32. The van der Waals surface area contributed by atoms with Crippen molar-refractivity contribution in [2.45, 2.75) is 25.3 Å². The number of sulfonamides is 1. The molecule has 0 bridgehead atoms. The lowest BCUT2D eigenvalue weighted by atomic mass is 10.2. The molecule has 24 heavy (non-hydrogen) atoms. The van der Waals surface area contributed by atoms with Crippen LogP contribution >= 0.6 is 0 Å². The lowest BCUT2D eigenvalue weighted by Crippen LogP contribution is -2.25. The fraction of sp³-hybridized carbons (Fsp3) is 0.312. The van der Waals surface area contributed by atoms with Gasteiger partial charge in [-0.25, -0.2) is 23.1 Å². The molecule has 1 aromatic heterocycles. The number of rotatable bonds is 6. The second-order valence-corrected chi connectivity index (χ2v) is 7.35. The SMILES string of the molecule is CC(=O)c1cccc(S(=O)(=O)NCc2nc(C)cc(N(C)C)n2)c1. The van der Waals surface area contributed by atoms with Crippen LogP contribution in [-0.2, 0) is 16.6 Å². The van der Waals surface area contributed by atoms with Crippen LogP contribution < -0.4 is 9.62 Å². The Morgan fingerprint density at radius 2 is 1.92 bits per heavy atom. The van der Waals surface area contributed by atoms with Crippen molar-refractivity contribution in [1.29, 1.82) is 0 Å². The quantitative estimate of drug-likeness (QED) is 0.796. The van der Waals surface area contributed by atoms with E-state index in [1.54, 1.807) is 12.1 Å². The van der Waals surface area contributed by atoms with Crippen LogP contribution in [0.5, 0.6) is 0 Å². The number of anilines is 1. The van der Waals surface area contributed by atoms with Gasteiger partial charge in [0.25, 0.3) is 0 Å². The number of carbonyl (C=O) groups is 1. The molecule has 0 saturated carbocycles. The summed E-state index contributed by atoms with van der Waals surface area (Å²) in [6.45, 7) is 3.18. The highest BCUT2D eigenvalue weighted by Crippen LogP contribution is 2.13. The van der Waals surface area contributed by atoms with E-state index in [1.807, 2.05) is 32.0 Å². The zero-order valence-electron chi connectivity index (χ0n) is 14.1. The number of nitrogens with one attached hydrogen (secondary N) is 1. The van der Waals surface area contributed by atoms with E-state index in [1.165, 1.54) is 19.1 Å². The van der Waals surface area contributed by atoms with Crippen molar-refractivity contribution in [3.8, 4) is 0 Å². The molecule has 0 atom stereocenters. The van der Waals surface area contributed by atoms with Crippen LogP contribution in [0.25, 0.3) is 0 Å². The van der Waals surface area contributed by atoms with E-state index in [2.05, 4.69) is 14.7 Å². The number of ketones is 1.